The maximum atomic E-state index is 5.73. The summed E-state index contributed by atoms with van der Waals surface area (Å²) in [7, 11) is 0.877. The van der Waals surface area contributed by atoms with E-state index in [4.69, 9.17) is 22.8 Å². The number of hydrogen-bond acceptors (Lipinski definition) is 5. The molecule has 1 saturated heterocycles. The lowest BCUT2D eigenvalue weighted by molar-refractivity contribution is 0.0864. The minimum atomic E-state index is -2.44. The SMILES string of the molecule is CCCO[Si](CCCOCC1CO1)(OC)OC. The van der Waals surface area contributed by atoms with Crippen molar-refractivity contribution in [1.29, 1.82) is 0 Å². The van der Waals surface area contributed by atoms with Crippen LogP contribution in [0, 0.1) is 0 Å². The van der Waals surface area contributed by atoms with E-state index in [2.05, 4.69) is 6.92 Å². The number of hydrogen-bond donors (Lipinski definition) is 0. The van der Waals surface area contributed by atoms with E-state index >= 15 is 0 Å². The van der Waals surface area contributed by atoms with Crippen molar-refractivity contribution in [2.24, 2.45) is 0 Å². The Morgan fingerprint density at radius 3 is 2.47 bits per heavy atom. The molecule has 0 amide bonds. The molecule has 0 aromatic rings. The van der Waals surface area contributed by atoms with E-state index in [-0.39, 0.29) is 0 Å². The monoisotopic (exact) mass is 264 g/mol. The second kappa shape index (κ2) is 8.18. The summed E-state index contributed by atoms with van der Waals surface area (Å²) in [5.41, 5.74) is 0. The molecule has 0 radical (unpaired) electrons. The first kappa shape index (κ1) is 15.1. The van der Waals surface area contributed by atoms with Gasteiger partial charge in [0.25, 0.3) is 0 Å². The number of rotatable bonds is 11. The molecule has 0 aliphatic carbocycles. The van der Waals surface area contributed by atoms with Crippen molar-refractivity contribution in [2.45, 2.75) is 31.9 Å². The fourth-order valence-corrected chi connectivity index (χ4v) is 3.55. The molecule has 0 aromatic heterocycles. The van der Waals surface area contributed by atoms with Crippen molar-refractivity contribution < 1.29 is 22.8 Å². The van der Waals surface area contributed by atoms with E-state index < -0.39 is 8.80 Å². The van der Waals surface area contributed by atoms with Gasteiger partial charge in [-0.1, -0.05) is 6.92 Å². The van der Waals surface area contributed by atoms with Crippen LogP contribution >= 0.6 is 0 Å². The van der Waals surface area contributed by atoms with Crippen molar-refractivity contribution in [3.63, 3.8) is 0 Å². The standard InChI is InChI=1S/C11H24O5Si/c1-4-6-16-17(12-2,13-3)8-5-7-14-9-11-10-15-11/h11H,4-10H2,1-3H3. The Hall–Kier alpha value is 0.0169. The highest BCUT2D eigenvalue weighted by molar-refractivity contribution is 6.60. The molecule has 0 spiro atoms. The Balaban J connectivity index is 2.12. The average molecular weight is 264 g/mol. The van der Waals surface area contributed by atoms with E-state index in [0.29, 0.717) is 25.9 Å². The molecule has 1 fully saturated rings. The van der Waals surface area contributed by atoms with Crippen molar-refractivity contribution >= 4 is 8.80 Å². The van der Waals surface area contributed by atoms with Crippen molar-refractivity contribution in [2.75, 3.05) is 40.6 Å². The van der Waals surface area contributed by atoms with Crippen LogP contribution in [0.25, 0.3) is 0 Å². The summed E-state index contributed by atoms with van der Waals surface area (Å²) >= 11 is 0. The van der Waals surface area contributed by atoms with Gasteiger partial charge >= 0.3 is 8.80 Å². The van der Waals surface area contributed by atoms with Crippen molar-refractivity contribution in [3.05, 3.63) is 0 Å². The summed E-state index contributed by atoms with van der Waals surface area (Å²) in [5, 5.41) is 0. The molecule has 102 valence electrons. The highest BCUT2D eigenvalue weighted by atomic mass is 28.4. The number of ether oxygens (including phenoxy) is 2. The van der Waals surface area contributed by atoms with Crippen LogP contribution in [0.2, 0.25) is 6.04 Å². The minimum absolute atomic E-state index is 0.332. The summed E-state index contributed by atoms with van der Waals surface area (Å²) in [4.78, 5) is 0. The van der Waals surface area contributed by atoms with E-state index in [9.17, 15) is 0 Å². The summed E-state index contributed by atoms with van der Waals surface area (Å²) in [6.07, 6.45) is 2.19. The molecule has 1 aliphatic rings. The maximum Gasteiger partial charge on any atom is 0.500 e. The Labute approximate surface area is 105 Å². The van der Waals surface area contributed by atoms with Crippen molar-refractivity contribution in [1.82, 2.24) is 0 Å². The Bertz CT molecular complexity index is 194. The van der Waals surface area contributed by atoms with Gasteiger partial charge < -0.3 is 22.8 Å². The first-order valence-corrected chi connectivity index (χ1v) is 8.13. The third-order valence-electron chi connectivity index (χ3n) is 2.63. The van der Waals surface area contributed by atoms with Gasteiger partial charge in [-0.05, 0) is 12.8 Å². The largest absolute Gasteiger partial charge is 0.500 e. The molecule has 1 aliphatic heterocycles. The summed E-state index contributed by atoms with van der Waals surface area (Å²) in [6, 6.07) is 0.797. The average Bonchev–Trinajstić information content (AvgIpc) is 3.17. The molecule has 1 heterocycles. The normalized spacial score (nSPS) is 19.6. The molecule has 0 N–H and O–H groups in total. The predicted molar refractivity (Wildman–Crippen MR) is 66.0 cm³/mol. The second-order valence-electron chi connectivity index (χ2n) is 4.07. The Morgan fingerprint density at radius 1 is 1.24 bits per heavy atom. The summed E-state index contributed by atoms with van der Waals surface area (Å²) < 4.78 is 27.2. The zero-order chi connectivity index (χ0) is 12.6. The third kappa shape index (κ3) is 5.94. The zero-order valence-corrected chi connectivity index (χ0v) is 12.1. The van der Waals surface area contributed by atoms with Gasteiger partial charge in [0.2, 0.25) is 0 Å². The fourth-order valence-electron chi connectivity index (χ4n) is 1.50. The van der Waals surface area contributed by atoms with Crippen LogP contribution in [0.15, 0.2) is 0 Å². The molecule has 17 heavy (non-hydrogen) atoms. The van der Waals surface area contributed by atoms with Gasteiger partial charge in [0.15, 0.2) is 0 Å². The molecular weight excluding hydrogens is 240 g/mol. The molecule has 6 heteroatoms. The topological polar surface area (TPSA) is 49.5 Å². The summed E-state index contributed by atoms with van der Waals surface area (Å²) in [5.74, 6) is 0. The van der Waals surface area contributed by atoms with E-state index in [1.807, 2.05) is 0 Å². The van der Waals surface area contributed by atoms with Crippen molar-refractivity contribution in [3.8, 4) is 0 Å². The smallest absolute Gasteiger partial charge is 0.379 e. The fraction of sp³-hybridized carbons (Fsp3) is 1.00. The first-order chi connectivity index (χ1) is 8.26. The lowest BCUT2D eigenvalue weighted by Gasteiger charge is -2.26. The van der Waals surface area contributed by atoms with Crippen LogP contribution in [-0.2, 0) is 22.8 Å². The van der Waals surface area contributed by atoms with Crippen LogP contribution < -0.4 is 0 Å². The molecule has 0 bridgehead atoms. The van der Waals surface area contributed by atoms with Gasteiger partial charge in [0.1, 0.15) is 6.10 Å². The van der Waals surface area contributed by atoms with Crippen LogP contribution in [0.3, 0.4) is 0 Å². The van der Waals surface area contributed by atoms with Crippen LogP contribution in [0.5, 0.6) is 0 Å². The number of epoxide rings is 1. The first-order valence-electron chi connectivity index (χ1n) is 6.20. The van der Waals surface area contributed by atoms with Gasteiger partial charge in [-0.3, -0.25) is 0 Å². The van der Waals surface area contributed by atoms with Crippen LogP contribution in [-0.4, -0.2) is 55.6 Å². The molecule has 0 saturated carbocycles. The minimum Gasteiger partial charge on any atom is -0.379 e. The third-order valence-corrected chi connectivity index (χ3v) is 5.48. The highest BCUT2D eigenvalue weighted by Gasteiger charge is 2.38. The molecule has 0 aromatic carbocycles. The second-order valence-corrected chi connectivity index (χ2v) is 7.04. The van der Waals surface area contributed by atoms with Gasteiger partial charge in [-0.2, -0.15) is 0 Å². The van der Waals surface area contributed by atoms with Gasteiger partial charge in [0, 0.05) is 33.5 Å². The molecule has 5 nitrogen and oxygen atoms in total. The van der Waals surface area contributed by atoms with E-state index in [1.165, 1.54) is 0 Å². The molecule has 1 rings (SSSR count). The Morgan fingerprint density at radius 2 is 1.94 bits per heavy atom. The quantitative estimate of drug-likeness (QED) is 0.321. The predicted octanol–water partition coefficient (Wildman–Crippen LogP) is 1.45. The van der Waals surface area contributed by atoms with Crippen LogP contribution in [0.1, 0.15) is 19.8 Å². The lowest BCUT2D eigenvalue weighted by atomic mass is 10.5. The van der Waals surface area contributed by atoms with Gasteiger partial charge in [0.05, 0.1) is 13.2 Å². The van der Waals surface area contributed by atoms with Gasteiger partial charge in [-0.15, -0.1) is 0 Å². The molecule has 1 unspecified atom stereocenters. The van der Waals surface area contributed by atoms with E-state index in [1.54, 1.807) is 14.2 Å². The van der Waals surface area contributed by atoms with E-state index in [0.717, 1.165) is 25.5 Å². The summed E-state index contributed by atoms with van der Waals surface area (Å²) in [6.45, 7) is 5.00. The maximum absolute atomic E-state index is 5.73. The lowest BCUT2D eigenvalue weighted by Crippen LogP contribution is -2.44. The van der Waals surface area contributed by atoms with Crippen LogP contribution in [0.4, 0.5) is 0 Å². The highest BCUT2D eigenvalue weighted by Crippen LogP contribution is 2.17. The Kier molecular flexibility index (Phi) is 7.25. The molecule has 1 atom stereocenters. The van der Waals surface area contributed by atoms with Gasteiger partial charge in [-0.25, -0.2) is 0 Å². The zero-order valence-electron chi connectivity index (χ0n) is 11.1. The molecular formula is C11H24O5Si.